The lowest BCUT2D eigenvalue weighted by Gasteiger charge is -2.16. The maximum atomic E-state index is 6.18. The number of nitrogens with zero attached hydrogens (tertiary/aromatic N) is 1. The first-order valence-electron chi connectivity index (χ1n) is 9.54. The molecule has 1 unspecified atom stereocenters. The Morgan fingerprint density at radius 1 is 1.29 bits per heavy atom. The molecule has 5 nitrogen and oxygen atoms in total. The van der Waals surface area contributed by atoms with E-state index < -0.39 is 0 Å². The first kappa shape index (κ1) is 23.0. The van der Waals surface area contributed by atoms with Crippen molar-refractivity contribution >= 4 is 41.3 Å². The zero-order valence-electron chi connectivity index (χ0n) is 16.8. The Bertz CT molecular complexity index is 773. The smallest absolute Gasteiger partial charge is 0.191 e. The van der Waals surface area contributed by atoms with Gasteiger partial charge in [-0.25, -0.2) is 4.99 Å². The zero-order chi connectivity index (χ0) is 19.1. The summed E-state index contributed by atoms with van der Waals surface area (Å²) in [5.74, 6) is 1.74. The molecule has 0 amide bonds. The van der Waals surface area contributed by atoms with Crippen LogP contribution < -0.4 is 15.4 Å². The number of halogens is 1. The number of thiophene rings is 1. The Labute approximate surface area is 189 Å². The third kappa shape index (κ3) is 6.63. The molecule has 1 aromatic heterocycles. The van der Waals surface area contributed by atoms with Crippen LogP contribution in [-0.4, -0.2) is 31.8 Å². The lowest BCUT2D eigenvalue weighted by molar-refractivity contribution is 0.140. The fourth-order valence-corrected chi connectivity index (χ4v) is 3.79. The highest BCUT2D eigenvalue weighted by molar-refractivity contribution is 14.0. The second kappa shape index (κ2) is 11.6. The maximum absolute atomic E-state index is 6.18. The highest BCUT2D eigenvalue weighted by atomic mass is 127. The molecule has 28 heavy (non-hydrogen) atoms. The average Bonchev–Trinajstić information content (AvgIpc) is 3.30. The van der Waals surface area contributed by atoms with Crippen LogP contribution in [0, 0.1) is 13.8 Å². The number of guanidine groups is 1. The first-order valence-corrected chi connectivity index (χ1v) is 10.4. The van der Waals surface area contributed by atoms with Crippen LogP contribution in [0.25, 0.3) is 0 Å². The minimum absolute atomic E-state index is 0. The summed E-state index contributed by atoms with van der Waals surface area (Å²) in [4.78, 5) is 6.10. The van der Waals surface area contributed by atoms with Crippen molar-refractivity contribution in [3.63, 3.8) is 0 Å². The molecule has 0 radical (unpaired) electrons. The minimum atomic E-state index is 0. The number of hydrogen-bond acceptors (Lipinski definition) is 4. The molecular formula is C21H30IN3O2S. The third-order valence-corrected chi connectivity index (χ3v) is 5.56. The van der Waals surface area contributed by atoms with Crippen molar-refractivity contribution in [3.05, 3.63) is 51.2 Å². The molecule has 7 heteroatoms. The van der Waals surface area contributed by atoms with E-state index in [2.05, 4.69) is 61.1 Å². The molecule has 1 aromatic carbocycles. The van der Waals surface area contributed by atoms with Crippen LogP contribution in [-0.2, 0) is 17.8 Å². The molecule has 0 aliphatic carbocycles. The van der Waals surface area contributed by atoms with Crippen molar-refractivity contribution in [2.45, 2.75) is 46.4 Å². The van der Waals surface area contributed by atoms with E-state index in [0.717, 1.165) is 43.4 Å². The van der Waals surface area contributed by atoms with Gasteiger partial charge in [-0.3, -0.25) is 0 Å². The van der Waals surface area contributed by atoms with Gasteiger partial charge in [-0.1, -0.05) is 12.1 Å². The Balaban J connectivity index is 0.00000280. The standard InChI is InChI=1S/C21H29N3O2S.HI/c1-4-22-21(24-13-20-16(3)8-10-27-20)23-12-17-6-5-15(2)11-19(17)26-18-7-9-25-14-18;/h5-6,8,10-11,18H,4,7,9,12-14H2,1-3H3,(H2,22,23,24);1H. The molecule has 154 valence electrons. The van der Waals surface area contributed by atoms with E-state index in [9.17, 15) is 0 Å². The van der Waals surface area contributed by atoms with Crippen LogP contribution in [0.1, 0.15) is 34.9 Å². The van der Waals surface area contributed by atoms with Crippen LogP contribution >= 0.6 is 35.3 Å². The number of aliphatic imine (C=N–C) groups is 1. The van der Waals surface area contributed by atoms with Gasteiger partial charge in [-0.15, -0.1) is 35.3 Å². The molecule has 1 aliphatic heterocycles. The molecular weight excluding hydrogens is 485 g/mol. The monoisotopic (exact) mass is 515 g/mol. The molecule has 3 rings (SSSR count). The molecule has 1 aliphatic rings. The summed E-state index contributed by atoms with van der Waals surface area (Å²) >= 11 is 1.77. The van der Waals surface area contributed by atoms with E-state index in [1.54, 1.807) is 11.3 Å². The summed E-state index contributed by atoms with van der Waals surface area (Å²) in [7, 11) is 0. The molecule has 0 saturated carbocycles. The van der Waals surface area contributed by atoms with Crippen LogP contribution in [0.5, 0.6) is 5.75 Å². The van der Waals surface area contributed by atoms with Gasteiger partial charge in [0.05, 0.1) is 26.3 Å². The SMILES string of the molecule is CCNC(=NCc1ccc(C)cc1OC1CCOC1)NCc1sccc1C.I. The number of benzene rings is 1. The van der Waals surface area contributed by atoms with Crippen LogP contribution in [0.2, 0.25) is 0 Å². The Morgan fingerprint density at radius 2 is 2.14 bits per heavy atom. The lowest BCUT2D eigenvalue weighted by atomic mass is 10.1. The van der Waals surface area contributed by atoms with Crippen molar-refractivity contribution in [3.8, 4) is 5.75 Å². The summed E-state index contributed by atoms with van der Waals surface area (Å²) in [6.45, 7) is 9.93. The fraction of sp³-hybridized carbons (Fsp3) is 0.476. The molecule has 1 fully saturated rings. The predicted octanol–water partition coefficient (Wildman–Crippen LogP) is 4.41. The number of aryl methyl sites for hydroxylation is 2. The number of ether oxygens (including phenoxy) is 2. The van der Waals surface area contributed by atoms with Gasteiger partial charge in [0.1, 0.15) is 11.9 Å². The Kier molecular flexibility index (Phi) is 9.53. The van der Waals surface area contributed by atoms with Gasteiger partial charge in [-0.2, -0.15) is 0 Å². The molecule has 1 atom stereocenters. The lowest BCUT2D eigenvalue weighted by Crippen LogP contribution is -2.36. The van der Waals surface area contributed by atoms with E-state index in [1.165, 1.54) is 16.0 Å². The van der Waals surface area contributed by atoms with E-state index in [0.29, 0.717) is 13.2 Å². The normalized spacial score (nSPS) is 16.5. The summed E-state index contributed by atoms with van der Waals surface area (Å²) < 4.78 is 11.6. The van der Waals surface area contributed by atoms with Gasteiger partial charge in [0.15, 0.2) is 5.96 Å². The molecule has 0 bridgehead atoms. The highest BCUT2D eigenvalue weighted by Crippen LogP contribution is 2.24. The number of nitrogens with one attached hydrogen (secondary N) is 2. The van der Waals surface area contributed by atoms with Gasteiger partial charge in [0.25, 0.3) is 0 Å². The first-order chi connectivity index (χ1) is 13.2. The van der Waals surface area contributed by atoms with Crippen molar-refractivity contribution in [2.24, 2.45) is 4.99 Å². The summed E-state index contributed by atoms with van der Waals surface area (Å²) in [6, 6.07) is 8.46. The largest absolute Gasteiger partial charge is 0.488 e. The molecule has 2 N–H and O–H groups in total. The highest BCUT2D eigenvalue weighted by Gasteiger charge is 2.18. The van der Waals surface area contributed by atoms with Gasteiger partial charge in [0, 0.05) is 23.4 Å². The van der Waals surface area contributed by atoms with Crippen molar-refractivity contribution in [2.75, 3.05) is 19.8 Å². The Hall–Kier alpha value is -1.32. The van der Waals surface area contributed by atoms with Crippen molar-refractivity contribution in [1.82, 2.24) is 10.6 Å². The van der Waals surface area contributed by atoms with Crippen LogP contribution in [0.15, 0.2) is 34.6 Å². The van der Waals surface area contributed by atoms with E-state index in [1.807, 2.05) is 0 Å². The van der Waals surface area contributed by atoms with E-state index in [-0.39, 0.29) is 30.1 Å². The average molecular weight is 515 g/mol. The predicted molar refractivity (Wildman–Crippen MR) is 127 cm³/mol. The molecule has 0 spiro atoms. The molecule has 2 aromatic rings. The number of rotatable bonds is 7. The van der Waals surface area contributed by atoms with Crippen LogP contribution in [0.4, 0.5) is 0 Å². The number of hydrogen-bond donors (Lipinski definition) is 2. The summed E-state index contributed by atoms with van der Waals surface area (Å²) in [6.07, 6.45) is 1.09. The second-order valence-electron chi connectivity index (χ2n) is 6.79. The van der Waals surface area contributed by atoms with Crippen LogP contribution in [0.3, 0.4) is 0 Å². The van der Waals surface area contributed by atoms with Gasteiger partial charge >= 0.3 is 0 Å². The van der Waals surface area contributed by atoms with Gasteiger partial charge in [0.2, 0.25) is 0 Å². The Morgan fingerprint density at radius 3 is 2.82 bits per heavy atom. The van der Waals surface area contributed by atoms with Gasteiger partial charge in [-0.05, 0) is 49.4 Å². The summed E-state index contributed by atoms with van der Waals surface area (Å²) in [5.41, 5.74) is 3.60. The molecule has 1 saturated heterocycles. The van der Waals surface area contributed by atoms with Crippen molar-refractivity contribution in [1.29, 1.82) is 0 Å². The maximum Gasteiger partial charge on any atom is 0.191 e. The zero-order valence-corrected chi connectivity index (χ0v) is 19.9. The van der Waals surface area contributed by atoms with Crippen molar-refractivity contribution < 1.29 is 9.47 Å². The fourth-order valence-electron chi connectivity index (χ4n) is 2.94. The summed E-state index contributed by atoms with van der Waals surface area (Å²) in [5, 5.41) is 8.87. The molecule has 2 heterocycles. The second-order valence-corrected chi connectivity index (χ2v) is 7.79. The topological polar surface area (TPSA) is 54.9 Å². The third-order valence-electron chi connectivity index (χ3n) is 4.54. The van der Waals surface area contributed by atoms with E-state index >= 15 is 0 Å². The van der Waals surface area contributed by atoms with Gasteiger partial charge < -0.3 is 20.1 Å². The van der Waals surface area contributed by atoms with E-state index in [4.69, 9.17) is 14.5 Å². The quantitative estimate of drug-likeness (QED) is 0.326. The minimum Gasteiger partial charge on any atom is -0.488 e.